The van der Waals surface area contributed by atoms with Crippen molar-refractivity contribution >= 4 is 35.0 Å². The van der Waals surface area contributed by atoms with E-state index in [0.29, 0.717) is 5.92 Å². The second-order valence-electron chi connectivity index (χ2n) is 5.03. The van der Waals surface area contributed by atoms with Gasteiger partial charge in [-0.1, -0.05) is 37.7 Å². The molecule has 2 nitrogen and oxygen atoms in total. The number of halogens is 1. The number of anilines is 1. The quantitative estimate of drug-likeness (QED) is 0.773. The number of hydrogen-bond acceptors (Lipinski definition) is 2. The second kappa shape index (κ2) is 7.53. The number of alkyl halides is 1. The Morgan fingerprint density at radius 3 is 2.05 bits per heavy atom. The summed E-state index contributed by atoms with van der Waals surface area (Å²) in [5, 5.41) is 2.72. The van der Waals surface area contributed by atoms with Crippen molar-refractivity contribution in [3.05, 3.63) is 54.1 Å². The molecule has 0 aliphatic rings. The van der Waals surface area contributed by atoms with Gasteiger partial charge in [-0.3, -0.25) is 4.79 Å². The maximum atomic E-state index is 11.2. The number of rotatable bonds is 5. The van der Waals surface area contributed by atoms with Gasteiger partial charge in [0.1, 0.15) is 5.88 Å². The molecule has 110 valence electrons. The lowest BCUT2D eigenvalue weighted by molar-refractivity contribution is -0.113. The Morgan fingerprint density at radius 2 is 1.57 bits per heavy atom. The van der Waals surface area contributed by atoms with Crippen LogP contribution < -0.4 is 5.32 Å². The van der Waals surface area contributed by atoms with E-state index in [9.17, 15) is 4.79 Å². The van der Waals surface area contributed by atoms with E-state index in [1.165, 1.54) is 10.5 Å². The summed E-state index contributed by atoms with van der Waals surface area (Å²) >= 11 is 7.16. The molecular weight excluding hydrogens is 302 g/mol. The largest absolute Gasteiger partial charge is 0.325 e. The number of benzene rings is 2. The minimum atomic E-state index is -0.193. The molecule has 0 saturated carbocycles. The zero-order valence-electron chi connectivity index (χ0n) is 12.1. The molecule has 0 heterocycles. The molecule has 0 unspecified atom stereocenters. The van der Waals surface area contributed by atoms with Crippen molar-refractivity contribution in [3.8, 4) is 0 Å². The molecule has 1 amide bonds. The average molecular weight is 320 g/mol. The lowest BCUT2D eigenvalue weighted by Gasteiger charge is -2.07. The number of hydrogen-bond donors (Lipinski definition) is 1. The highest BCUT2D eigenvalue weighted by Gasteiger charge is 2.02. The van der Waals surface area contributed by atoms with Crippen LogP contribution in [0.3, 0.4) is 0 Å². The molecule has 0 saturated heterocycles. The van der Waals surface area contributed by atoms with E-state index in [-0.39, 0.29) is 11.8 Å². The van der Waals surface area contributed by atoms with Gasteiger partial charge in [-0.05, 0) is 47.9 Å². The van der Waals surface area contributed by atoms with Gasteiger partial charge in [-0.25, -0.2) is 0 Å². The lowest BCUT2D eigenvalue weighted by Crippen LogP contribution is -2.12. The summed E-state index contributed by atoms with van der Waals surface area (Å²) in [4.78, 5) is 13.5. The second-order valence-corrected chi connectivity index (χ2v) is 6.45. The first kappa shape index (κ1) is 15.9. The Hall–Kier alpha value is -1.45. The van der Waals surface area contributed by atoms with Crippen LogP contribution in [0, 0.1) is 0 Å². The third kappa shape index (κ3) is 4.80. The minimum Gasteiger partial charge on any atom is -0.325 e. The van der Waals surface area contributed by atoms with Crippen molar-refractivity contribution in [2.75, 3.05) is 11.2 Å². The molecule has 21 heavy (non-hydrogen) atoms. The fraction of sp³-hybridized carbons (Fsp3) is 0.235. The smallest absolute Gasteiger partial charge is 0.239 e. The molecule has 0 aromatic heterocycles. The fourth-order valence-electron chi connectivity index (χ4n) is 1.86. The van der Waals surface area contributed by atoms with Gasteiger partial charge in [-0.15, -0.1) is 11.6 Å². The summed E-state index contributed by atoms with van der Waals surface area (Å²) in [5.74, 6) is 0.328. The van der Waals surface area contributed by atoms with Crippen LogP contribution in [0.15, 0.2) is 58.3 Å². The highest BCUT2D eigenvalue weighted by Crippen LogP contribution is 2.29. The molecule has 0 atom stereocenters. The summed E-state index contributed by atoms with van der Waals surface area (Å²) in [6, 6.07) is 16.4. The highest BCUT2D eigenvalue weighted by molar-refractivity contribution is 7.99. The molecular formula is C17H18ClNOS. The summed E-state index contributed by atoms with van der Waals surface area (Å²) in [7, 11) is 0. The summed E-state index contributed by atoms with van der Waals surface area (Å²) in [5.41, 5.74) is 2.11. The van der Waals surface area contributed by atoms with Gasteiger partial charge in [-0.2, -0.15) is 0 Å². The van der Waals surface area contributed by atoms with Crippen molar-refractivity contribution in [1.82, 2.24) is 0 Å². The molecule has 1 N–H and O–H groups in total. The normalized spacial score (nSPS) is 10.7. The molecule has 0 aliphatic carbocycles. The molecule has 2 rings (SSSR count). The first-order valence-electron chi connectivity index (χ1n) is 6.82. The van der Waals surface area contributed by atoms with Crippen LogP contribution in [-0.4, -0.2) is 11.8 Å². The van der Waals surface area contributed by atoms with Gasteiger partial charge >= 0.3 is 0 Å². The molecule has 0 fully saturated rings. The molecule has 2 aromatic carbocycles. The summed E-state index contributed by atoms with van der Waals surface area (Å²) < 4.78 is 0. The molecule has 4 heteroatoms. The van der Waals surface area contributed by atoms with E-state index in [1.54, 1.807) is 11.8 Å². The zero-order chi connectivity index (χ0) is 15.2. The topological polar surface area (TPSA) is 29.1 Å². The zero-order valence-corrected chi connectivity index (χ0v) is 13.7. The van der Waals surface area contributed by atoms with Crippen molar-refractivity contribution in [3.63, 3.8) is 0 Å². The third-order valence-corrected chi connectivity index (χ3v) is 4.30. The van der Waals surface area contributed by atoms with E-state index in [0.717, 1.165) is 10.6 Å². The van der Waals surface area contributed by atoms with Crippen LogP contribution in [0.1, 0.15) is 25.3 Å². The predicted octanol–water partition coefficient (Wildman–Crippen LogP) is 5.14. The van der Waals surface area contributed by atoms with Crippen LogP contribution in [0.2, 0.25) is 0 Å². The first-order valence-corrected chi connectivity index (χ1v) is 8.17. The number of carbonyl (C=O) groups excluding carboxylic acids is 1. The van der Waals surface area contributed by atoms with Crippen LogP contribution in [0.5, 0.6) is 0 Å². The van der Waals surface area contributed by atoms with Gasteiger partial charge in [0.05, 0.1) is 0 Å². The van der Waals surface area contributed by atoms with Gasteiger partial charge in [0.15, 0.2) is 0 Å². The van der Waals surface area contributed by atoms with Crippen molar-refractivity contribution in [2.24, 2.45) is 0 Å². The number of carbonyl (C=O) groups is 1. The van der Waals surface area contributed by atoms with Crippen LogP contribution in [-0.2, 0) is 4.79 Å². The van der Waals surface area contributed by atoms with Crippen molar-refractivity contribution < 1.29 is 4.79 Å². The third-order valence-electron chi connectivity index (χ3n) is 3.04. The SMILES string of the molecule is CC(C)c1ccc(Sc2ccc(NC(=O)CCl)cc2)cc1. The van der Waals surface area contributed by atoms with Crippen molar-refractivity contribution in [2.45, 2.75) is 29.6 Å². The molecule has 0 spiro atoms. The van der Waals surface area contributed by atoms with E-state index in [1.807, 2.05) is 24.3 Å². The van der Waals surface area contributed by atoms with E-state index >= 15 is 0 Å². The predicted molar refractivity (Wildman–Crippen MR) is 90.4 cm³/mol. The fourth-order valence-corrected chi connectivity index (χ4v) is 2.74. The van der Waals surface area contributed by atoms with Crippen molar-refractivity contribution in [1.29, 1.82) is 0 Å². The monoisotopic (exact) mass is 319 g/mol. The van der Waals surface area contributed by atoms with Crippen LogP contribution in [0.25, 0.3) is 0 Å². The first-order chi connectivity index (χ1) is 10.1. The maximum Gasteiger partial charge on any atom is 0.239 e. The Bertz CT molecular complexity index is 593. The molecule has 0 bridgehead atoms. The Kier molecular flexibility index (Phi) is 5.71. The average Bonchev–Trinajstić information content (AvgIpc) is 2.49. The van der Waals surface area contributed by atoms with E-state index in [2.05, 4.69) is 43.4 Å². The molecule has 0 aliphatic heterocycles. The number of nitrogens with one attached hydrogen (secondary N) is 1. The van der Waals surface area contributed by atoms with Gasteiger partial charge in [0.2, 0.25) is 5.91 Å². The van der Waals surface area contributed by atoms with Gasteiger partial charge in [0.25, 0.3) is 0 Å². The minimum absolute atomic E-state index is 0.0291. The van der Waals surface area contributed by atoms with Gasteiger partial charge in [0, 0.05) is 15.5 Å². The summed E-state index contributed by atoms with van der Waals surface area (Å²) in [6.07, 6.45) is 0. The molecule has 2 aromatic rings. The summed E-state index contributed by atoms with van der Waals surface area (Å²) in [6.45, 7) is 4.38. The van der Waals surface area contributed by atoms with Gasteiger partial charge < -0.3 is 5.32 Å². The standard InChI is InChI=1S/C17H18ClNOS/c1-12(2)13-3-7-15(8-4-13)21-16-9-5-14(6-10-16)19-17(20)11-18/h3-10,12H,11H2,1-2H3,(H,19,20). The lowest BCUT2D eigenvalue weighted by atomic mass is 10.0. The van der Waals surface area contributed by atoms with E-state index < -0.39 is 0 Å². The Morgan fingerprint density at radius 1 is 1.05 bits per heavy atom. The number of amides is 1. The Balaban J connectivity index is 2.01. The highest BCUT2D eigenvalue weighted by atomic mass is 35.5. The van der Waals surface area contributed by atoms with E-state index in [4.69, 9.17) is 11.6 Å². The van der Waals surface area contributed by atoms with Crippen LogP contribution >= 0.6 is 23.4 Å². The maximum absolute atomic E-state index is 11.2. The molecule has 0 radical (unpaired) electrons. The van der Waals surface area contributed by atoms with Crippen LogP contribution in [0.4, 0.5) is 5.69 Å². The Labute approximate surface area is 134 Å².